The highest BCUT2D eigenvalue weighted by Gasteiger charge is 1.93. The quantitative estimate of drug-likeness (QED) is 0.453. The van der Waals surface area contributed by atoms with Gasteiger partial charge in [-0.1, -0.05) is 47.9 Å². The van der Waals surface area contributed by atoms with E-state index >= 15 is 0 Å². The van der Waals surface area contributed by atoms with E-state index in [-0.39, 0.29) is 0 Å². The van der Waals surface area contributed by atoms with Crippen LogP contribution >= 0.6 is 9.12 Å². The molecule has 1 unspecified atom stereocenters. The Labute approximate surface area is 75.4 Å². The molecule has 2 heteroatoms. The zero-order chi connectivity index (χ0) is 8.39. The first-order valence-corrected chi connectivity index (χ1v) is 4.89. The second-order valence-corrected chi connectivity index (χ2v) is 3.29. The van der Waals surface area contributed by atoms with E-state index in [9.17, 15) is 0 Å². The van der Waals surface area contributed by atoms with E-state index in [2.05, 4.69) is 51.6 Å². The Morgan fingerprint density at radius 1 is 0.917 bits per heavy atom. The van der Waals surface area contributed by atoms with E-state index in [4.69, 9.17) is 0 Å². The van der Waals surface area contributed by atoms with Gasteiger partial charge in [0.25, 0.3) is 0 Å². The van der Waals surface area contributed by atoms with Gasteiger partial charge in [0.2, 0.25) is 0 Å². The lowest BCUT2D eigenvalue weighted by atomic mass is 9.92. The average molecular weight is 172 g/mol. The third kappa shape index (κ3) is 1.37. The van der Waals surface area contributed by atoms with Crippen molar-refractivity contribution in [2.75, 3.05) is 0 Å². The Balaban J connectivity index is 2.67. The maximum absolute atomic E-state index is 2.74. The number of fused-ring (bicyclic) bond motifs is 1. The third-order valence-corrected chi connectivity index (χ3v) is 2.52. The molecular weight excluding hydrogens is 162 g/mol. The van der Waals surface area contributed by atoms with E-state index in [0.29, 0.717) is 0 Å². The summed E-state index contributed by atoms with van der Waals surface area (Å²) in [5, 5.41) is 2.65. The molecule has 0 aliphatic carbocycles. The summed E-state index contributed by atoms with van der Waals surface area (Å²) >= 11 is 0. The van der Waals surface area contributed by atoms with Crippen LogP contribution in [0.4, 0.5) is 0 Å². The molecule has 0 heterocycles. The van der Waals surface area contributed by atoms with Crippen LogP contribution in [0.3, 0.4) is 0 Å². The minimum absolute atomic E-state index is 1.03. The number of hydrogen-bond acceptors (Lipinski definition) is 0. The molecule has 0 amide bonds. The van der Waals surface area contributed by atoms with Gasteiger partial charge in [-0.2, -0.15) is 9.12 Å². The highest BCUT2D eigenvalue weighted by atomic mass is 31.0. The topological polar surface area (TPSA) is 0 Å². The molecule has 58 valence electrons. The summed E-state index contributed by atoms with van der Waals surface area (Å²) in [7, 11) is 2.74. The molecule has 0 saturated heterocycles. The van der Waals surface area contributed by atoms with Crippen LogP contribution in [-0.2, 0) is 0 Å². The third-order valence-electron chi connectivity index (χ3n) is 2.05. The van der Waals surface area contributed by atoms with Gasteiger partial charge in [0.15, 0.2) is 7.00 Å². The van der Waals surface area contributed by atoms with Crippen molar-refractivity contribution in [1.29, 1.82) is 0 Å². The molecule has 1 atom stereocenters. The van der Waals surface area contributed by atoms with Crippen molar-refractivity contribution in [3.05, 3.63) is 42.5 Å². The first-order valence-electron chi connectivity index (χ1n) is 4.08. The number of benzene rings is 2. The van der Waals surface area contributed by atoms with Gasteiger partial charge in [0, 0.05) is 0 Å². The summed E-state index contributed by atoms with van der Waals surface area (Å²) in [4.78, 5) is 0. The van der Waals surface area contributed by atoms with Crippen LogP contribution in [0.25, 0.3) is 10.8 Å². The fourth-order valence-corrected chi connectivity index (χ4v) is 1.62. The standard InChI is InChI=1S/C10H10BP/c12-11-10-6-5-8-3-1-2-4-9(8)7-10/h1-7,11H,12H2. The predicted molar refractivity (Wildman–Crippen MR) is 60.4 cm³/mol. The van der Waals surface area contributed by atoms with E-state index < -0.39 is 0 Å². The Bertz CT molecular complexity index is 398. The second-order valence-electron chi connectivity index (χ2n) is 2.89. The fraction of sp³-hybridized carbons (Fsp3) is 0. The summed E-state index contributed by atoms with van der Waals surface area (Å²) in [5.74, 6) is 0. The van der Waals surface area contributed by atoms with E-state index in [1.54, 1.807) is 0 Å². The average Bonchev–Trinajstić information content (AvgIpc) is 2.17. The van der Waals surface area contributed by atoms with Gasteiger partial charge in [-0.3, -0.25) is 0 Å². The molecule has 0 saturated carbocycles. The lowest BCUT2D eigenvalue weighted by Crippen LogP contribution is -2.06. The molecule has 0 aromatic heterocycles. The molecule has 2 rings (SSSR count). The van der Waals surface area contributed by atoms with Crippen LogP contribution in [0.5, 0.6) is 0 Å². The lowest BCUT2D eigenvalue weighted by Gasteiger charge is -1.99. The summed E-state index contributed by atoms with van der Waals surface area (Å²) in [6.07, 6.45) is 0. The molecule has 2 aromatic rings. The van der Waals surface area contributed by atoms with Crippen LogP contribution in [0.2, 0.25) is 0 Å². The highest BCUT2D eigenvalue weighted by Crippen LogP contribution is 2.10. The fourth-order valence-electron chi connectivity index (χ4n) is 1.37. The molecule has 0 aliphatic heterocycles. The summed E-state index contributed by atoms with van der Waals surface area (Å²) < 4.78 is 0. The molecular formula is C10H10BP. The maximum Gasteiger partial charge on any atom is 0.180 e. The molecule has 0 fully saturated rings. The lowest BCUT2D eigenvalue weighted by molar-refractivity contribution is 1.78. The zero-order valence-electron chi connectivity index (χ0n) is 6.83. The van der Waals surface area contributed by atoms with Gasteiger partial charge in [0.05, 0.1) is 0 Å². The number of rotatable bonds is 1. The number of hydrogen-bond donors (Lipinski definition) is 0. The van der Waals surface area contributed by atoms with Gasteiger partial charge < -0.3 is 0 Å². The van der Waals surface area contributed by atoms with Crippen molar-refractivity contribution >= 4 is 32.4 Å². The van der Waals surface area contributed by atoms with Crippen molar-refractivity contribution in [2.45, 2.75) is 0 Å². The Kier molecular flexibility index (Phi) is 2.14. The summed E-state index contributed by atoms with van der Waals surface area (Å²) in [6.45, 7) is 1.03. The predicted octanol–water partition coefficient (Wildman–Crippen LogP) is 1.69. The molecule has 0 bridgehead atoms. The van der Waals surface area contributed by atoms with Crippen LogP contribution in [-0.4, -0.2) is 7.00 Å². The van der Waals surface area contributed by atoms with Gasteiger partial charge in [0.1, 0.15) is 0 Å². The monoisotopic (exact) mass is 172 g/mol. The zero-order valence-corrected chi connectivity index (χ0v) is 7.98. The van der Waals surface area contributed by atoms with Crippen LogP contribution in [0.1, 0.15) is 0 Å². The van der Waals surface area contributed by atoms with Gasteiger partial charge in [-0.05, 0) is 10.8 Å². The van der Waals surface area contributed by atoms with Gasteiger partial charge in [-0.15, -0.1) is 0 Å². The van der Waals surface area contributed by atoms with E-state index in [0.717, 1.165) is 7.00 Å². The first kappa shape index (κ1) is 7.82. The normalized spacial score (nSPS) is 10.1. The minimum atomic E-state index is 1.03. The molecule has 12 heavy (non-hydrogen) atoms. The summed E-state index contributed by atoms with van der Waals surface area (Å²) in [6, 6.07) is 15.0. The molecule has 0 nitrogen and oxygen atoms in total. The van der Waals surface area contributed by atoms with Crippen molar-refractivity contribution in [3.63, 3.8) is 0 Å². The molecule has 0 spiro atoms. The Hall–Kier alpha value is -0.805. The Morgan fingerprint density at radius 2 is 1.67 bits per heavy atom. The molecule has 0 N–H and O–H groups in total. The Morgan fingerprint density at radius 3 is 2.42 bits per heavy atom. The van der Waals surface area contributed by atoms with E-state index in [1.807, 2.05) is 0 Å². The van der Waals surface area contributed by atoms with Crippen molar-refractivity contribution in [1.82, 2.24) is 0 Å². The maximum atomic E-state index is 2.74. The largest absolute Gasteiger partial charge is 0.180 e. The van der Waals surface area contributed by atoms with Crippen molar-refractivity contribution in [2.24, 2.45) is 0 Å². The van der Waals surface area contributed by atoms with Crippen molar-refractivity contribution < 1.29 is 0 Å². The van der Waals surface area contributed by atoms with E-state index in [1.165, 1.54) is 16.2 Å². The van der Waals surface area contributed by atoms with Crippen LogP contribution in [0.15, 0.2) is 42.5 Å². The SMILES string of the molecule is PBc1ccc2ccccc2c1. The van der Waals surface area contributed by atoms with Gasteiger partial charge >= 0.3 is 0 Å². The minimum Gasteiger partial charge on any atom is -0.169 e. The van der Waals surface area contributed by atoms with Crippen LogP contribution in [0, 0.1) is 0 Å². The first-order chi connectivity index (χ1) is 5.90. The molecule has 0 aliphatic rings. The van der Waals surface area contributed by atoms with Crippen molar-refractivity contribution in [3.8, 4) is 0 Å². The molecule has 2 aromatic carbocycles. The second kappa shape index (κ2) is 3.29. The summed E-state index contributed by atoms with van der Waals surface area (Å²) in [5.41, 5.74) is 1.37. The molecule has 0 radical (unpaired) electrons. The van der Waals surface area contributed by atoms with Gasteiger partial charge in [-0.25, -0.2) is 0 Å². The smallest absolute Gasteiger partial charge is 0.169 e. The highest BCUT2D eigenvalue weighted by molar-refractivity contribution is 7.58. The van der Waals surface area contributed by atoms with Crippen LogP contribution < -0.4 is 5.46 Å².